The van der Waals surface area contributed by atoms with Crippen molar-refractivity contribution >= 4 is 21.6 Å². The monoisotopic (exact) mass is 313 g/mol. The molecule has 0 unspecified atom stereocenters. The molecule has 94 valence electrons. The molecule has 2 aromatic carbocycles. The first-order valence-electron chi connectivity index (χ1n) is 5.16. The molecule has 2 nitrogen and oxygen atoms in total. The highest BCUT2D eigenvalue weighted by atomic mass is 79.9. The third kappa shape index (κ3) is 2.61. The van der Waals surface area contributed by atoms with Gasteiger partial charge in [0.1, 0.15) is 11.6 Å². The summed E-state index contributed by atoms with van der Waals surface area (Å²) in [6.07, 6.45) is 0. The normalized spacial score (nSPS) is 10.4. The quantitative estimate of drug-likeness (QED) is 0.833. The number of benzene rings is 2. The zero-order chi connectivity index (χ0) is 13.3. The Balaban J connectivity index is 2.37. The van der Waals surface area contributed by atoms with E-state index in [0.29, 0.717) is 15.9 Å². The van der Waals surface area contributed by atoms with Gasteiger partial charge in [0.25, 0.3) is 0 Å². The van der Waals surface area contributed by atoms with Crippen LogP contribution in [0, 0.1) is 18.6 Å². The highest BCUT2D eigenvalue weighted by molar-refractivity contribution is 9.10. The fourth-order valence-corrected chi connectivity index (χ4v) is 1.87. The van der Waals surface area contributed by atoms with Crippen molar-refractivity contribution < 1.29 is 13.5 Å². The largest absolute Gasteiger partial charge is 0.453 e. The van der Waals surface area contributed by atoms with E-state index in [1.54, 1.807) is 12.1 Å². The van der Waals surface area contributed by atoms with E-state index in [9.17, 15) is 8.78 Å². The van der Waals surface area contributed by atoms with E-state index in [1.807, 2.05) is 6.92 Å². The van der Waals surface area contributed by atoms with Gasteiger partial charge < -0.3 is 10.5 Å². The standard InChI is InChI=1S/C13H10BrF2NO/c1-7-4-13(9(14)6-11(7)17)18-12-3-2-8(15)5-10(12)16/h2-6H,17H2,1H3. The average Bonchev–Trinajstić information content (AvgIpc) is 2.29. The van der Waals surface area contributed by atoms with Crippen LogP contribution in [0.4, 0.5) is 14.5 Å². The second kappa shape index (κ2) is 4.94. The number of rotatable bonds is 2. The molecule has 0 bridgehead atoms. The lowest BCUT2D eigenvalue weighted by Crippen LogP contribution is -1.94. The summed E-state index contributed by atoms with van der Waals surface area (Å²) in [5.41, 5.74) is 7.14. The fraction of sp³-hybridized carbons (Fsp3) is 0.0769. The second-order valence-corrected chi connectivity index (χ2v) is 4.67. The summed E-state index contributed by atoms with van der Waals surface area (Å²) in [5, 5.41) is 0. The smallest absolute Gasteiger partial charge is 0.168 e. The van der Waals surface area contributed by atoms with E-state index in [4.69, 9.17) is 10.5 Å². The maximum atomic E-state index is 13.4. The highest BCUT2D eigenvalue weighted by Crippen LogP contribution is 2.34. The molecule has 0 radical (unpaired) electrons. The summed E-state index contributed by atoms with van der Waals surface area (Å²) >= 11 is 3.28. The van der Waals surface area contributed by atoms with Crippen LogP contribution < -0.4 is 10.5 Å². The third-order valence-electron chi connectivity index (χ3n) is 2.43. The lowest BCUT2D eigenvalue weighted by Gasteiger charge is -2.11. The first kappa shape index (κ1) is 12.8. The van der Waals surface area contributed by atoms with E-state index in [-0.39, 0.29) is 5.75 Å². The lowest BCUT2D eigenvalue weighted by atomic mass is 10.2. The van der Waals surface area contributed by atoms with Gasteiger partial charge in [0.2, 0.25) is 0 Å². The summed E-state index contributed by atoms with van der Waals surface area (Å²) in [6.45, 7) is 1.82. The van der Waals surface area contributed by atoms with Crippen molar-refractivity contribution in [3.63, 3.8) is 0 Å². The fourth-order valence-electron chi connectivity index (χ4n) is 1.43. The van der Waals surface area contributed by atoms with E-state index in [2.05, 4.69) is 15.9 Å². The van der Waals surface area contributed by atoms with E-state index < -0.39 is 11.6 Å². The summed E-state index contributed by atoms with van der Waals surface area (Å²) in [7, 11) is 0. The van der Waals surface area contributed by atoms with Crippen LogP contribution in [0.2, 0.25) is 0 Å². The molecular formula is C13H10BrF2NO. The van der Waals surface area contributed by atoms with Gasteiger partial charge in [-0.3, -0.25) is 0 Å². The number of anilines is 1. The summed E-state index contributed by atoms with van der Waals surface area (Å²) in [5.74, 6) is -1.02. The number of ether oxygens (including phenoxy) is 1. The van der Waals surface area contributed by atoms with Crippen molar-refractivity contribution in [3.8, 4) is 11.5 Å². The maximum Gasteiger partial charge on any atom is 0.168 e. The molecule has 0 spiro atoms. The number of nitrogen functional groups attached to an aromatic ring is 1. The highest BCUT2D eigenvalue weighted by Gasteiger charge is 2.10. The molecule has 0 fully saturated rings. The molecule has 0 saturated carbocycles. The molecule has 0 aliphatic carbocycles. The van der Waals surface area contributed by atoms with E-state index >= 15 is 0 Å². The second-order valence-electron chi connectivity index (χ2n) is 3.82. The molecule has 0 heterocycles. The Morgan fingerprint density at radius 1 is 1.11 bits per heavy atom. The van der Waals surface area contributed by atoms with Crippen molar-refractivity contribution in [1.82, 2.24) is 0 Å². The third-order valence-corrected chi connectivity index (χ3v) is 3.05. The van der Waals surface area contributed by atoms with Gasteiger partial charge in [-0.2, -0.15) is 0 Å². The number of halogens is 3. The zero-order valence-corrected chi connectivity index (χ0v) is 11.1. The van der Waals surface area contributed by atoms with Crippen LogP contribution in [0.1, 0.15) is 5.56 Å². The van der Waals surface area contributed by atoms with Gasteiger partial charge in [-0.1, -0.05) is 0 Å². The Hall–Kier alpha value is -1.62. The van der Waals surface area contributed by atoms with E-state index in [0.717, 1.165) is 17.7 Å². The minimum absolute atomic E-state index is 0.0405. The van der Waals surface area contributed by atoms with Gasteiger partial charge >= 0.3 is 0 Å². The molecule has 0 aliphatic heterocycles. The zero-order valence-electron chi connectivity index (χ0n) is 9.51. The molecule has 2 N–H and O–H groups in total. The minimum Gasteiger partial charge on any atom is -0.453 e. The van der Waals surface area contributed by atoms with Gasteiger partial charge in [0.05, 0.1) is 4.47 Å². The molecule has 2 aromatic rings. The maximum absolute atomic E-state index is 13.4. The van der Waals surface area contributed by atoms with Crippen LogP contribution in [0.15, 0.2) is 34.8 Å². The topological polar surface area (TPSA) is 35.2 Å². The Bertz CT molecular complexity index is 602. The van der Waals surface area contributed by atoms with Gasteiger partial charge in [0.15, 0.2) is 11.6 Å². The molecule has 0 saturated heterocycles. The predicted molar refractivity (Wildman–Crippen MR) is 69.7 cm³/mol. The van der Waals surface area contributed by atoms with Gasteiger partial charge in [-0.05, 0) is 52.7 Å². The van der Waals surface area contributed by atoms with Crippen molar-refractivity contribution in [2.24, 2.45) is 0 Å². The van der Waals surface area contributed by atoms with Crippen molar-refractivity contribution in [3.05, 3.63) is 52.0 Å². The van der Waals surface area contributed by atoms with Crippen LogP contribution in [-0.2, 0) is 0 Å². The van der Waals surface area contributed by atoms with Crippen molar-refractivity contribution in [1.29, 1.82) is 0 Å². The van der Waals surface area contributed by atoms with Crippen molar-refractivity contribution in [2.45, 2.75) is 6.92 Å². The first-order chi connectivity index (χ1) is 8.47. The predicted octanol–water partition coefficient (Wildman–Crippen LogP) is 4.41. The number of hydrogen-bond donors (Lipinski definition) is 1. The minimum atomic E-state index is -0.753. The van der Waals surface area contributed by atoms with Crippen LogP contribution in [0.3, 0.4) is 0 Å². The molecule has 0 aromatic heterocycles. The molecule has 0 aliphatic rings. The number of aryl methyl sites for hydroxylation is 1. The molecule has 5 heteroatoms. The number of hydrogen-bond acceptors (Lipinski definition) is 2. The SMILES string of the molecule is Cc1cc(Oc2ccc(F)cc2F)c(Br)cc1N. The van der Waals surface area contributed by atoms with Crippen molar-refractivity contribution in [2.75, 3.05) is 5.73 Å². The Kier molecular flexibility index (Phi) is 3.52. The Morgan fingerprint density at radius 3 is 2.50 bits per heavy atom. The number of nitrogens with two attached hydrogens (primary N) is 1. The van der Waals surface area contributed by atoms with Crippen LogP contribution in [-0.4, -0.2) is 0 Å². The summed E-state index contributed by atoms with van der Waals surface area (Å²) in [4.78, 5) is 0. The lowest BCUT2D eigenvalue weighted by molar-refractivity contribution is 0.435. The molecule has 0 amide bonds. The summed E-state index contributed by atoms with van der Waals surface area (Å²) in [6, 6.07) is 6.50. The van der Waals surface area contributed by atoms with Gasteiger partial charge in [0, 0.05) is 11.8 Å². The summed E-state index contributed by atoms with van der Waals surface area (Å²) < 4.78 is 32.2. The Morgan fingerprint density at radius 2 is 1.83 bits per heavy atom. The van der Waals surface area contributed by atoms with Gasteiger partial charge in [-0.15, -0.1) is 0 Å². The first-order valence-corrected chi connectivity index (χ1v) is 5.95. The van der Waals surface area contributed by atoms with Gasteiger partial charge in [-0.25, -0.2) is 8.78 Å². The van der Waals surface area contributed by atoms with Crippen LogP contribution in [0.25, 0.3) is 0 Å². The Labute approximate surface area is 112 Å². The molecule has 18 heavy (non-hydrogen) atoms. The van der Waals surface area contributed by atoms with Crippen LogP contribution >= 0.6 is 15.9 Å². The molecule has 0 atom stereocenters. The van der Waals surface area contributed by atoms with E-state index in [1.165, 1.54) is 6.07 Å². The van der Waals surface area contributed by atoms with Crippen LogP contribution in [0.5, 0.6) is 11.5 Å². The average molecular weight is 314 g/mol. The molecular weight excluding hydrogens is 304 g/mol. The molecule has 2 rings (SSSR count).